The number of amides is 2. The summed E-state index contributed by atoms with van der Waals surface area (Å²) < 4.78 is 1.63. The molecular formula is C18H14N6O2. The van der Waals surface area contributed by atoms with Crippen LogP contribution in [0.5, 0.6) is 0 Å². The van der Waals surface area contributed by atoms with E-state index < -0.39 is 11.8 Å². The fraction of sp³-hybridized carbons (Fsp3) is 0. The van der Waals surface area contributed by atoms with Gasteiger partial charge in [-0.15, -0.1) is 0 Å². The molecule has 0 spiro atoms. The Hall–Kier alpha value is -3.94. The number of H-pyrrole nitrogens is 1. The van der Waals surface area contributed by atoms with Gasteiger partial charge in [0.25, 0.3) is 11.8 Å². The average molecular weight is 346 g/mol. The van der Waals surface area contributed by atoms with Crippen molar-refractivity contribution in [3.63, 3.8) is 0 Å². The number of imidazole rings is 1. The van der Waals surface area contributed by atoms with Crippen LogP contribution in [0.4, 0.5) is 0 Å². The summed E-state index contributed by atoms with van der Waals surface area (Å²) in [7, 11) is 0. The normalized spacial score (nSPS) is 10.6. The van der Waals surface area contributed by atoms with E-state index >= 15 is 0 Å². The minimum atomic E-state index is -0.512. The second-order valence-corrected chi connectivity index (χ2v) is 5.51. The quantitative estimate of drug-likeness (QED) is 0.492. The zero-order valence-corrected chi connectivity index (χ0v) is 13.5. The lowest BCUT2D eigenvalue weighted by molar-refractivity contribution is 0.0841. The second-order valence-electron chi connectivity index (χ2n) is 5.51. The van der Waals surface area contributed by atoms with E-state index in [1.165, 1.54) is 12.5 Å². The Balaban J connectivity index is 1.50. The molecule has 26 heavy (non-hydrogen) atoms. The molecule has 0 fully saturated rings. The van der Waals surface area contributed by atoms with E-state index in [2.05, 4.69) is 26.0 Å². The molecule has 0 atom stereocenters. The average Bonchev–Trinajstić information content (AvgIpc) is 3.33. The fourth-order valence-corrected chi connectivity index (χ4v) is 2.63. The third kappa shape index (κ3) is 2.80. The van der Waals surface area contributed by atoms with Gasteiger partial charge in [0.2, 0.25) is 0 Å². The van der Waals surface area contributed by atoms with Gasteiger partial charge in [-0.05, 0) is 18.2 Å². The molecule has 0 bridgehead atoms. The maximum Gasteiger partial charge on any atom is 0.290 e. The number of benzene rings is 2. The van der Waals surface area contributed by atoms with E-state index in [1.807, 2.05) is 48.5 Å². The van der Waals surface area contributed by atoms with E-state index in [4.69, 9.17) is 0 Å². The van der Waals surface area contributed by atoms with Gasteiger partial charge >= 0.3 is 0 Å². The molecule has 0 saturated carbocycles. The maximum absolute atomic E-state index is 12.4. The number of aromatic amines is 1. The molecule has 8 nitrogen and oxygen atoms in total. The minimum absolute atomic E-state index is 0.206. The van der Waals surface area contributed by atoms with Gasteiger partial charge in [-0.3, -0.25) is 30.1 Å². The van der Waals surface area contributed by atoms with Crippen LogP contribution in [0.1, 0.15) is 21.0 Å². The van der Waals surface area contributed by atoms with Crippen molar-refractivity contribution in [2.45, 2.75) is 0 Å². The third-order valence-corrected chi connectivity index (χ3v) is 3.88. The van der Waals surface area contributed by atoms with E-state index in [1.54, 1.807) is 10.6 Å². The highest BCUT2D eigenvalue weighted by molar-refractivity contribution is 6.05. The number of rotatable bonds is 3. The first-order chi connectivity index (χ1) is 12.7. The molecule has 0 unspecified atom stereocenters. The van der Waals surface area contributed by atoms with Gasteiger partial charge in [0.1, 0.15) is 5.69 Å². The number of nitrogens with zero attached hydrogens (tertiary/aromatic N) is 3. The summed E-state index contributed by atoms with van der Waals surface area (Å²) in [6, 6.07) is 16.6. The molecule has 2 heterocycles. The van der Waals surface area contributed by atoms with Crippen LogP contribution in [0, 0.1) is 0 Å². The van der Waals surface area contributed by atoms with Crippen molar-refractivity contribution in [3.8, 4) is 5.69 Å². The Bertz CT molecular complexity index is 1080. The van der Waals surface area contributed by atoms with Crippen LogP contribution >= 0.6 is 0 Å². The number of hydrogen-bond acceptors (Lipinski definition) is 4. The highest BCUT2D eigenvalue weighted by Gasteiger charge is 2.17. The zero-order chi connectivity index (χ0) is 17.9. The van der Waals surface area contributed by atoms with Gasteiger partial charge in [0.05, 0.1) is 18.0 Å². The number of hydrogen-bond donors (Lipinski definition) is 3. The van der Waals surface area contributed by atoms with Crippen LogP contribution in [0.25, 0.3) is 16.6 Å². The van der Waals surface area contributed by atoms with Gasteiger partial charge in [-0.1, -0.05) is 36.4 Å². The van der Waals surface area contributed by atoms with Gasteiger partial charge in [0.15, 0.2) is 5.69 Å². The summed E-state index contributed by atoms with van der Waals surface area (Å²) in [5.74, 6) is -0.999. The van der Waals surface area contributed by atoms with E-state index in [-0.39, 0.29) is 5.69 Å². The van der Waals surface area contributed by atoms with Crippen LogP contribution in [0.2, 0.25) is 0 Å². The predicted molar refractivity (Wildman–Crippen MR) is 94.6 cm³/mol. The molecular weight excluding hydrogens is 332 g/mol. The lowest BCUT2D eigenvalue weighted by Gasteiger charge is -2.09. The van der Waals surface area contributed by atoms with E-state index in [9.17, 15) is 9.59 Å². The van der Waals surface area contributed by atoms with Crippen LogP contribution in [-0.4, -0.2) is 31.6 Å². The molecule has 2 aromatic heterocycles. The first kappa shape index (κ1) is 15.6. The molecule has 2 amide bonds. The Labute approximate surface area is 147 Å². The number of carbonyl (C=O) groups is 2. The molecule has 3 N–H and O–H groups in total. The van der Waals surface area contributed by atoms with E-state index in [0.29, 0.717) is 11.1 Å². The minimum Gasteiger partial charge on any atom is -0.295 e. The third-order valence-electron chi connectivity index (χ3n) is 3.88. The Morgan fingerprint density at radius 2 is 1.65 bits per heavy atom. The molecule has 128 valence electrons. The molecule has 0 aliphatic carbocycles. The second kappa shape index (κ2) is 6.52. The number of hydrazine groups is 1. The molecule has 2 aromatic carbocycles. The van der Waals surface area contributed by atoms with Crippen LogP contribution < -0.4 is 10.9 Å². The lowest BCUT2D eigenvalue weighted by atomic mass is 10.2. The van der Waals surface area contributed by atoms with Crippen LogP contribution in [0.3, 0.4) is 0 Å². The standard InChI is InChI=1S/C18H14N6O2/c25-17(15-10-19-11-24(15)12-6-2-1-3-7-12)22-23-18(26)16-13-8-4-5-9-14(13)20-21-16/h1-11H,(H,20,21)(H,22,25)(H,23,26). The van der Waals surface area contributed by atoms with Crippen molar-refractivity contribution in [3.05, 3.63) is 78.5 Å². The molecule has 4 aromatic rings. The Kier molecular flexibility index (Phi) is 3.91. The van der Waals surface area contributed by atoms with Crippen LogP contribution in [0.15, 0.2) is 67.1 Å². The van der Waals surface area contributed by atoms with E-state index in [0.717, 1.165) is 11.2 Å². The van der Waals surface area contributed by atoms with Crippen molar-refractivity contribution >= 4 is 22.7 Å². The zero-order valence-electron chi connectivity index (χ0n) is 13.5. The summed E-state index contributed by atoms with van der Waals surface area (Å²) in [6.45, 7) is 0. The SMILES string of the molecule is O=C(NNC(=O)c1cncn1-c1ccccc1)c1n[nH]c2ccccc12. The molecule has 0 radical (unpaired) electrons. The summed E-state index contributed by atoms with van der Waals surface area (Å²) in [5.41, 5.74) is 6.81. The first-order valence-corrected chi connectivity index (χ1v) is 7.85. The topological polar surface area (TPSA) is 105 Å². The summed E-state index contributed by atoms with van der Waals surface area (Å²) >= 11 is 0. The monoisotopic (exact) mass is 346 g/mol. The van der Waals surface area contributed by atoms with Crippen molar-refractivity contribution in [2.24, 2.45) is 0 Å². The Morgan fingerprint density at radius 3 is 2.50 bits per heavy atom. The molecule has 0 saturated heterocycles. The maximum atomic E-state index is 12.4. The number of para-hydroxylation sites is 2. The number of carbonyl (C=O) groups excluding carboxylic acids is 2. The highest BCUT2D eigenvalue weighted by atomic mass is 16.2. The van der Waals surface area contributed by atoms with Crippen molar-refractivity contribution in [2.75, 3.05) is 0 Å². The van der Waals surface area contributed by atoms with Gasteiger partial charge < -0.3 is 0 Å². The first-order valence-electron chi connectivity index (χ1n) is 7.85. The molecule has 0 aliphatic rings. The smallest absolute Gasteiger partial charge is 0.290 e. The molecule has 4 rings (SSSR count). The van der Waals surface area contributed by atoms with Gasteiger partial charge in [-0.2, -0.15) is 5.10 Å². The van der Waals surface area contributed by atoms with Gasteiger partial charge in [-0.25, -0.2) is 4.98 Å². The summed E-state index contributed by atoms with van der Waals surface area (Å²) in [5, 5.41) is 7.45. The van der Waals surface area contributed by atoms with Crippen LogP contribution in [-0.2, 0) is 0 Å². The fourth-order valence-electron chi connectivity index (χ4n) is 2.63. The van der Waals surface area contributed by atoms with Gasteiger partial charge in [0, 0.05) is 11.1 Å². The largest absolute Gasteiger partial charge is 0.295 e. The lowest BCUT2D eigenvalue weighted by Crippen LogP contribution is -2.42. The molecule has 0 aliphatic heterocycles. The van der Waals surface area contributed by atoms with Crippen molar-refractivity contribution in [1.29, 1.82) is 0 Å². The number of aromatic nitrogens is 4. The molecule has 8 heteroatoms. The number of fused-ring (bicyclic) bond motifs is 1. The number of nitrogens with one attached hydrogen (secondary N) is 3. The Morgan fingerprint density at radius 1 is 0.923 bits per heavy atom. The van der Waals surface area contributed by atoms with Crippen molar-refractivity contribution < 1.29 is 9.59 Å². The summed E-state index contributed by atoms with van der Waals surface area (Å²) in [4.78, 5) is 28.8. The van der Waals surface area contributed by atoms with Crippen molar-refractivity contribution in [1.82, 2.24) is 30.6 Å². The summed E-state index contributed by atoms with van der Waals surface area (Å²) in [6.07, 6.45) is 2.96. The highest BCUT2D eigenvalue weighted by Crippen LogP contribution is 2.14. The predicted octanol–water partition coefficient (Wildman–Crippen LogP) is 1.82.